The third-order valence-electron chi connectivity index (χ3n) is 2.84. The lowest BCUT2D eigenvalue weighted by atomic mass is 10.2. The number of benzene rings is 2. The van der Waals surface area contributed by atoms with Crippen molar-refractivity contribution in [3.05, 3.63) is 65.7 Å². The molecule has 0 fully saturated rings. The summed E-state index contributed by atoms with van der Waals surface area (Å²) in [6.45, 7) is 0.526. The van der Waals surface area contributed by atoms with Gasteiger partial charge in [0.05, 0.1) is 0 Å². The first kappa shape index (κ1) is 13.6. The minimum atomic E-state index is -0.410. The molecule has 0 aliphatic heterocycles. The summed E-state index contributed by atoms with van der Waals surface area (Å²) in [6.07, 6.45) is -0.410. The van der Waals surface area contributed by atoms with Crippen molar-refractivity contribution in [2.75, 3.05) is 14.2 Å². The van der Waals surface area contributed by atoms with Gasteiger partial charge >= 0.3 is 0 Å². The van der Waals surface area contributed by atoms with Crippen LogP contribution in [0.3, 0.4) is 0 Å². The summed E-state index contributed by atoms with van der Waals surface area (Å²) in [5.74, 6) is 0.778. The van der Waals surface area contributed by atoms with Crippen LogP contribution in [0.5, 0.6) is 5.75 Å². The molecule has 0 N–H and O–H groups in total. The van der Waals surface area contributed by atoms with Gasteiger partial charge in [-0.15, -0.1) is 0 Å². The molecule has 0 saturated carbocycles. The average molecular weight is 258 g/mol. The highest BCUT2D eigenvalue weighted by molar-refractivity contribution is 5.34. The summed E-state index contributed by atoms with van der Waals surface area (Å²) in [7, 11) is 3.23. The Morgan fingerprint density at radius 2 is 1.47 bits per heavy atom. The molecule has 0 aliphatic carbocycles. The van der Waals surface area contributed by atoms with E-state index in [4.69, 9.17) is 14.2 Å². The Morgan fingerprint density at radius 1 is 0.842 bits per heavy atom. The van der Waals surface area contributed by atoms with Crippen molar-refractivity contribution in [3.8, 4) is 5.75 Å². The maximum absolute atomic E-state index is 5.85. The second kappa shape index (κ2) is 6.92. The SMILES string of the molecule is COC(OC)c1ccccc1OCc1ccccc1. The fourth-order valence-corrected chi connectivity index (χ4v) is 1.89. The Morgan fingerprint density at radius 3 is 2.16 bits per heavy atom. The zero-order valence-electron chi connectivity index (χ0n) is 11.2. The van der Waals surface area contributed by atoms with Crippen molar-refractivity contribution in [3.63, 3.8) is 0 Å². The van der Waals surface area contributed by atoms with Crippen LogP contribution in [0.4, 0.5) is 0 Å². The monoisotopic (exact) mass is 258 g/mol. The first-order valence-corrected chi connectivity index (χ1v) is 6.16. The van der Waals surface area contributed by atoms with E-state index in [0.717, 1.165) is 16.9 Å². The van der Waals surface area contributed by atoms with E-state index in [2.05, 4.69) is 0 Å². The number of hydrogen-bond donors (Lipinski definition) is 0. The van der Waals surface area contributed by atoms with E-state index in [9.17, 15) is 0 Å². The van der Waals surface area contributed by atoms with Gasteiger partial charge in [0.15, 0.2) is 6.29 Å². The van der Waals surface area contributed by atoms with Gasteiger partial charge in [-0.2, -0.15) is 0 Å². The lowest BCUT2D eigenvalue weighted by Gasteiger charge is -2.17. The topological polar surface area (TPSA) is 27.7 Å². The van der Waals surface area contributed by atoms with Gasteiger partial charge in [0, 0.05) is 19.8 Å². The molecule has 3 nitrogen and oxygen atoms in total. The molecule has 0 amide bonds. The Labute approximate surface area is 113 Å². The molecule has 3 heteroatoms. The molecular formula is C16H18O3. The second-order valence-electron chi connectivity index (χ2n) is 4.12. The first-order chi connectivity index (χ1) is 9.35. The van der Waals surface area contributed by atoms with Crippen LogP contribution in [-0.4, -0.2) is 14.2 Å². The van der Waals surface area contributed by atoms with Gasteiger partial charge < -0.3 is 14.2 Å². The molecule has 0 saturated heterocycles. The summed E-state index contributed by atoms with van der Waals surface area (Å²) in [6, 6.07) is 17.8. The van der Waals surface area contributed by atoms with Crippen molar-refractivity contribution in [1.29, 1.82) is 0 Å². The van der Waals surface area contributed by atoms with E-state index >= 15 is 0 Å². The summed E-state index contributed by atoms with van der Waals surface area (Å²) in [4.78, 5) is 0. The van der Waals surface area contributed by atoms with Crippen LogP contribution in [0, 0.1) is 0 Å². The Bertz CT molecular complexity index is 492. The average Bonchev–Trinajstić information content (AvgIpc) is 2.48. The standard InChI is InChI=1S/C16H18O3/c1-17-16(18-2)14-10-6-7-11-15(14)19-12-13-8-4-3-5-9-13/h3-11,16H,12H2,1-2H3. The van der Waals surface area contributed by atoms with Crippen LogP contribution in [0.1, 0.15) is 17.4 Å². The molecule has 0 aromatic heterocycles. The smallest absolute Gasteiger partial charge is 0.186 e. The fourth-order valence-electron chi connectivity index (χ4n) is 1.89. The third-order valence-corrected chi connectivity index (χ3v) is 2.84. The maximum Gasteiger partial charge on any atom is 0.186 e. The molecule has 0 unspecified atom stereocenters. The number of para-hydroxylation sites is 1. The van der Waals surface area contributed by atoms with Crippen LogP contribution in [-0.2, 0) is 16.1 Å². The van der Waals surface area contributed by atoms with Crippen LogP contribution < -0.4 is 4.74 Å². The Balaban J connectivity index is 2.12. The van der Waals surface area contributed by atoms with Gasteiger partial charge in [0.2, 0.25) is 0 Å². The van der Waals surface area contributed by atoms with Gasteiger partial charge in [0.25, 0.3) is 0 Å². The normalized spacial score (nSPS) is 10.7. The summed E-state index contributed by atoms with van der Waals surface area (Å²) >= 11 is 0. The molecule has 0 bridgehead atoms. The molecule has 0 atom stereocenters. The highest BCUT2D eigenvalue weighted by Crippen LogP contribution is 2.28. The van der Waals surface area contributed by atoms with E-state index in [1.807, 2.05) is 54.6 Å². The van der Waals surface area contributed by atoms with Crippen molar-refractivity contribution in [2.45, 2.75) is 12.9 Å². The van der Waals surface area contributed by atoms with Crippen molar-refractivity contribution in [1.82, 2.24) is 0 Å². The van der Waals surface area contributed by atoms with Crippen LogP contribution in [0.2, 0.25) is 0 Å². The molecule has 0 radical (unpaired) electrons. The highest BCUT2D eigenvalue weighted by Gasteiger charge is 2.14. The summed E-state index contributed by atoms with van der Waals surface area (Å²) < 4.78 is 16.4. The minimum Gasteiger partial charge on any atom is -0.488 e. The fraction of sp³-hybridized carbons (Fsp3) is 0.250. The zero-order chi connectivity index (χ0) is 13.5. The van der Waals surface area contributed by atoms with Gasteiger partial charge in [0.1, 0.15) is 12.4 Å². The molecule has 19 heavy (non-hydrogen) atoms. The molecular weight excluding hydrogens is 240 g/mol. The number of methoxy groups -OCH3 is 2. The highest BCUT2D eigenvalue weighted by atomic mass is 16.7. The number of rotatable bonds is 6. The lowest BCUT2D eigenvalue weighted by Crippen LogP contribution is -2.07. The van der Waals surface area contributed by atoms with Gasteiger partial charge in [-0.05, 0) is 11.6 Å². The summed E-state index contributed by atoms with van der Waals surface area (Å²) in [5.41, 5.74) is 2.02. The van der Waals surface area contributed by atoms with E-state index in [-0.39, 0.29) is 0 Å². The number of ether oxygens (including phenoxy) is 3. The van der Waals surface area contributed by atoms with Gasteiger partial charge in [-0.3, -0.25) is 0 Å². The quantitative estimate of drug-likeness (QED) is 0.741. The molecule has 2 aromatic rings. The molecule has 100 valence electrons. The number of hydrogen-bond acceptors (Lipinski definition) is 3. The van der Waals surface area contributed by atoms with Crippen LogP contribution in [0.15, 0.2) is 54.6 Å². The van der Waals surface area contributed by atoms with E-state index in [0.29, 0.717) is 6.61 Å². The van der Waals surface area contributed by atoms with E-state index in [1.165, 1.54) is 0 Å². The Kier molecular flexibility index (Phi) is 4.95. The predicted molar refractivity (Wildman–Crippen MR) is 74.0 cm³/mol. The summed E-state index contributed by atoms with van der Waals surface area (Å²) in [5, 5.41) is 0. The zero-order valence-corrected chi connectivity index (χ0v) is 11.2. The van der Waals surface area contributed by atoms with E-state index in [1.54, 1.807) is 14.2 Å². The minimum absolute atomic E-state index is 0.410. The van der Waals surface area contributed by atoms with E-state index < -0.39 is 6.29 Å². The molecule has 0 heterocycles. The molecule has 0 spiro atoms. The van der Waals surface area contributed by atoms with Crippen LogP contribution >= 0.6 is 0 Å². The molecule has 0 aliphatic rings. The molecule has 2 aromatic carbocycles. The largest absolute Gasteiger partial charge is 0.488 e. The Hall–Kier alpha value is -1.84. The lowest BCUT2D eigenvalue weighted by molar-refractivity contribution is -0.107. The van der Waals surface area contributed by atoms with Gasteiger partial charge in [-0.1, -0.05) is 48.5 Å². The van der Waals surface area contributed by atoms with Crippen molar-refractivity contribution >= 4 is 0 Å². The first-order valence-electron chi connectivity index (χ1n) is 6.16. The molecule has 2 rings (SSSR count). The predicted octanol–water partition coefficient (Wildman–Crippen LogP) is 3.56. The second-order valence-corrected chi connectivity index (χ2v) is 4.12. The van der Waals surface area contributed by atoms with Crippen molar-refractivity contribution < 1.29 is 14.2 Å². The van der Waals surface area contributed by atoms with Crippen molar-refractivity contribution in [2.24, 2.45) is 0 Å². The third kappa shape index (κ3) is 3.56. The maximum atomic E-state index is 5.85. The van der Waals surface area contributed by atoms with Crippen LogP contribution in [0.25, 0.3) is 0 Å². The van der Waals surface area contributed by atoms with Gasteiger partial charge in [-0.25, -0.2) is 0 Å².